The molecule has 0 bridgehead atoms. The van der Waals surface area contributed by atoms with Gasteiger partial charge < -0.3 is 19.9 Å². The minimum absolute atomic E-state index is 0.00158. The van der Waals surface area contributed by atoms with Crippen LogP contribution in [0.15, 0.2) is 72.8 Å². The van der Waals surface area contributed by atoms with Crippen molar-refractivity contribution in [1.29, 1.82) is 0 Å². The van der Waals surface area contributed by atoms with E-state index in [4.69, 9.17) is 26.2 Å². The molecule has 0 heterocycles. The monoisotopic (exact) mass is 463 g/mol. The molecule has 2 N–H and O–H groups in total. The van der Waals surface area contributed by atoms with Gasteiger partial charge in [-0.3, -0.25) is 0 Å². The van der Waals surface area contributed by atoms with Crippen molar-refractivity contribution in [3.8, 4) is 16.9 Å². The van der Waals surface area contributed by atoms with Crippen LogP contribution in [0.5, 0.6) is 5.75 Å². The predicted octanol–water partition coefficient (Wildman–Crippen LogP) is 5.36. The van der Waals surface area contributed by atoms with Crippen LogP contribution in [0.2, 0.25) is 5.02 Å². The number of fused-ring (bicyclic) bond motifs is 3. The van der Waals surface area contributed by atoms with Gasteiger partial charge >= 0.3 is 12.1 Å². The molecule has 0 aliphatic heterocycles. The van der Waals surface area contributed by atoms with Gasteiger partial charge in [0, 0.05) is 23.0 Å². The quantitative estimate of drug-likeness (QED) is 0.470. The summed E-state index contributed by atoms with van der Waals surface area (Å²) in [6, 6.07) is 21.3. The Balaban J connectivity index is 1.32. The number of carbonyl (C=O) groups excluding carboxylic acids is 1. The maximum Gasteiger partial charge on any atom is 0.407 e. The van der Waals surface area contributed by atoms with Crippen LogP contribution in [0.1, 0.15) is 22.6 Å². The largest absolute Gasteiger partial charge is 0.481 e. The Morgan fingerprint density at radius 1 is 1.00 bits per heavy atom. The van der Waals surface area contributed by atoms with Crippen molar-refractivity contribution < 1.29 is 24.2 Å². The topological polar surface area (TPSA) is 84.9 Å². The molecule has 6 nitrogen and oxygen atoms in total. The summed E-state index contributed by atoms with van der Waals surface area (Å²) < 4.78 is 10.8. The molecular formula is C26H22ClNO5. The smallest absolute Gasteiger partial charge is 0.407 e. The zero-order valence-corrected chi connectivity index (χ0v) is 18.4. The van der Waals surface area contributed by atoms with Crippen molar-refractivity contribution in [1.82, 2.24) is 5.32 Å². The summed E-state index contributed by atoms with van der Waals surface area (Å²) in [7, 11) is 0. The van der Waals surface area contributed by atoms with Gasteiger partial charge in [0.05, 0.1) is 0 Å². The Bertz CT molecular complexity index is 1160. The summed E-state index contributed by atoms with van der Waals surface area (Å²) in [6.07, 6.45) is 2.93. The zero-order valence-electron chi connectivity index (χ0n) is 17.7. The van der Waals surface area contributed by atoms with Crippen LogP contribution < -0.4 is 10.1 Å². The summed E-state index contributed by atoms with van der Waals surface area (Å²) in [4.78, 5) is 23.0. The Morgan fingerprint density at radius 2 is 1.67 bits per heavy atom. The van der Waals surface area contributed by atoms with Crippen molar-refractivity contribution in [3.05, 3.63) is 94.5 Å². The molecule has 0 atom stereocenters. The number of hydrogen-bond donors (Lipinski definition) is 2. The molecule has 168 valence electrons. The number of carboxylic acids is 1. The molecule has 0 saturated carbocycles. The Morgan fingerprint density at radius 3 is 2.33 bits per heavy atom. The third-order valence-corrected chi connectivity index (χ3v) is 5.57. The van der Waals surface area contributed by atoms with Crippen molar-refractivity contribution >= 4 is 29.7 Å². The van der Waals surface area contributed by atoms with Gasteiger partial charge in [-0.1, -0.05) is 72.3 Å². The molecule has 0 aromatic heterocycles. The van der Waals surface area contributed by atoms with Gasteiger partial charge in [0.2, 0.25) is 0 Å². The second-order valence-corrected chi connectivity index (χ2v) is 7.91. The van der Waals surface area contributed by atoms with E-state index in [-0.39, 0.29) is 19.1 Å². The van der Waals surface area contributed by atoms with E-state index in [0.717, 1.165) is 11.1 Å². The molecule has 1 aliphatic carbocycles. The molecule has 4 rings (SSSR count). The lowest BCUT2D eigenvalue weighted by Gasteiger charge is -2.14. The first kappa shape index (κ1) is 22.4. The number of nitrogens with one attached hydrogen (secondary N) is 1. The van der Waals surface area contributed by atoms with Gasteiger partial charge in [-0.05, 0) is 40.5 Å². The fourth-order valence-electron chi connectivity index (χ4n) is 3.89. The van der Waals surface area contributed by atoms with E-state index in [1.165, 1.54) is 11.1 Å². The highest BCUT2D eigenvalue weighted by atomic mass is 35.5. The fourth-order valence-corrected chi connectivity index (χ4v) is 4.05. The Hall–Kier alpha value is -3.77. The summed E-state index contributed by atoms with van der Waals surface area (Å²) in [5, 5.41) is 11.9. The molecule has 33 heavy (non-hydrogen) atoms. The molecule has 0 unspecified atom stereocenters. The summed E-state index contributed by atoms with van der Waals surface area (Å²) in [5.41, 5.74) is 5.31. The Labute approximate surface area is 196 Å². The lowest BCUT2D eigenvalue weighted by molar-refractivity contribution is -0.139. The van der Waals surface area contributed by atoms with Gasteiger partial charge in [-0.15, -0.1) is 0 Å². The highest BCUT2D eigenvalue weighted by Gasteiger charge is 2.28. The first-order chi connectivity index (χ1) is 16.0. The number of aliphatic carboxylic acids is 1. The van der Waals surface area contributed by atoms with E-state index in [1.54, 1.807) is 30.4 Å². The number of rotatable bonds is 8. The number of carbonyl (C=O) groups is 2. The van der Waals surface area contributed by atoms with Gasteiger partial charge in [-0.2, -0.15) is 0 Å². The molecule has 3 aromatic carbocycles. The standard InChI is InChI=1S/C26H22ClNO5/c27-18-12-11-17(24(14-18)32-16-25(29)30)6-5-13-28-26(31)33-15-23-21-9-3-1-7-19(21)20-8-2-4-10-22(20)23/h1-12,14,23H,13,15-16H2,(H,28,31)(H,29,30). The van der Waals surface area contributed by atoms with Gasteiger partial charge in [0.25, 0.3) is 0 Å². The van der Waals surface area contributed by atoms with Crippen molar-refractivity contribution in [2.24, 2.45) is 0 Å². The molecule has 0 fully saturated rings. The molecular weight excluding hydrogens is 442 g/mol. The number of alkyl carbamates (subject to hydrolysis) is 1. The van der Waals surface area contributed by atoms with Gasteiger partial charge in [-0.25, -0.2) is 9.59 Å². The number of amides is 1. The first-order valence-corrected chi connectivity index (χ1v) is 10.8. The van der Waals surface area contributed by atoms with E-state index in [0.29, 0.717) is 16.3 Å². The first-order valence-electron chi connectivity index (χ1n) is 10.4. The summed E-state index contributed by atoms with van der Waals surface area (Å²) in [6.45, 7) is 0.00475. The molecule has 0 spiro atoms. The van der Waals surface area contributed by atoms with Crippen LogP contribution in [-0.2, 0) is 9.53 Å². The average Bonchev–Trinajstić information content (AvgIpc) is 3.14. The van der Waals surface area contributed by atoms with E-state index < -0.39 is 18.7 Å². The molecule has 3 aromatic rings. The second-order valence-electron chi connectivity index (χ2n) is 7.47. The number of halogens is 1. The Kier molecular flexibility index (Phi) is 6.95. The van der Waals surface area contributed by atoms with E-state index >= 15 is 0 Å². The highest BCUT2D eigenvalue weighted by Crippen LogP contribution is 2.44. The van der Waals surface area contributed by atoms with Gasteiger partial charge in [0.1, 0.15) is 12.4 Å². The van der Waals surface area contributed by atoms with Crippen molar-refractivity contribution in [3.63, 3.8) is 0 Å². The SMILES string of the molecule is O=C(O)COc1cc(Cl)ccc1C=CCNC(=O)OCC1c2ccccc2-c2ccccc21. The van der Waals surface area contributed by atoms with Gasteiger partial charge in [0.15, 0.2) is 6.61 Å². The van der Waals surface area contributed by atoms with Crippen LogP contribution in [0.25, 0.3) is 17.2 Å². The minimum Gasteiger partial charge on any atom is -0.481 e. The summed E-state index contributed by atoms with van der Waals surface area (Å²) in [5.74, 6) is -0.731. The molecule has 7 heteroatoms. The van der Waals surface area contributed by atoms with Crippen LogP contribution in [0.3, 0.4) is 0 Å². The van der Waals surface area contributed by atoms with E-state index in [1.807, 2.05) is 24.3 Å². The number of ether oxygens (including phenoxy) is 2. The molecule has 0 radical (unpaired) electrons. The van der Waals surface area contributed by atoms with Crippen LogP contribution in [0, 0.1) is 0 Å². The zero-order chi connectivity index (χ0) is 23.2. The van der Waals surface area contributed by atoms with Crippen LogP contribution in [0.4, 0.5) is 4.79 Å². The lowest BCUT2D eigenvalue weighted by Crippen LogP contribution is -2.26. The summed E-state index contributed by atoms with van der Waals surface area (Å²) >= 11 is 5.96. The number of benzene rings is 3. The second kappa shape index (κ2) is 10.2. The van der Waals surface area contributed by atoms with Crippen molar-refractivity contribution in [2.75, 3.05) is 19.8 Å². The van der Waals surface area contributed by atoms with E-state index in [9.17, 15) is 9.59 Å². The third-order valence-electron chi connectivity index (χ3n) is 5.33. The molecule has 1 amide bonds. The van der Waals surface area contributed by atoms with Crippen molar-refractivity contribution in [2.45, 2.75) is 5.92 Å². The lowest BCUT2D eigenvalue weighted by atomic mass is 9.98. The number of hydrogen-bond acceptors (Lipinski definition) is 4. The molecule has 0 saturated heterocycles. The normalized spacial score (nSPS) is 12.3. The fraction of sp³-hybridized carbons (Fsp3) is 0.154. The maximum absolute atomic E-state index is 12.2. The predicted molar refractivity (Wildman–Crippen MR) is 127 cm³/mol. The minimum atomic E-state index is -1.08. The highest BCUT2D eigenvalue weighted by molar-refractivity contribution is 6.30. The molecule has 1 aliphatic rings. The maximum atomic E-state index is 12.2. The number of carboxylic acid groups (broad SMARTS) is 1. The van der Waals surface area contributed by atoms with Crippen LogP contribution >= 0.6 is 11.6 Å². The average molecular weight is 464 g/mol. The van der Waals surface area contributed by atoms with E-state index in [2.05, 4.69) is 29.6 Å². The van der Waals surface area contributed by atoms with Crippen LogP contribution in [-0.4, -0.2) is 36.9 Å². The third kappa shape index (κ3) is 5.35.